The fourth-order valence-electron chi connectivity index (χ4n) is 0.815. The summed E-state index contributed by atoms with van der Waals surface area (Å²) in [7, 11) is 0. The molecule has 0 aliphatic heterocycles. The van der Waals surface area contributed by atoms with Crippen LogP contribution in [0.15, 0.2) is 28.7 Å². The third-order valence-electron chi connectivity index (χ3n) is 1.38. The molecule has 0 bridgehead atoms. The van der Waals surface area contributed by atoms with E-state index in [-0.39, 0.29) is 0 Å². The van der Waals surface area contributed by atoms with Crippen LogP contribution in [0.5, 0.6) is 0 Å². The monoisotopic (exact) mass is 367 g/mol. The second-order valence-corrected chi connectivity index (χ2v) is 4.73. The molecule has 0 aliphatic carbocycles. The van der Waals surface area contributed by atoms with Crippen molar-refractivity contribution in [2.75, 3.05) is 0 Å². The fraction of sp³-hybridized carbons (Fsp3) is 0. The topological polar surface area (TPSA) is 23.8 Å². The highest BCUT2D eigenvalue weighted by molar-refractivity contribution is 14.1. The van der Waals surface area contributed by atoms with Crippen LogP contribution in [0.1, 0.15) is 5.56 Å². The summed E-state index contributed by atoms with van der Waals surface area (Å²) < 4.78 is 1.98. The Labute approximate surface area is 104 Å². The molecule has 1 nitrogen and oxygen atoms in total. The minimum atomic E-state index is 0.466. The van der Waals surface area contributed by atoms with Gasteiger partial charge in [0, 0.05) is 19.7 Å². The van der Waals surface area contributed by atoms with Crippen LogP contribution < -0.4 is 0 Å². The molecule has 4 heteroatoms. The lowest BCUT2D eigenvalue weighted by Crippen LogP contribution is -1.83. The van der Waals surface area contributed by atoms with Gasteiger partial charge in [-0.1, -0.05) is 27.5 Å². The standard InChI is InChI=1S/C9H4BrClIN/c10-6-1-2-9(12)7(5-6)8(11)3-4-13/h1-3,5H/b8-3+. The second-order valence-electron chi connectivity index (χ2n) is 2.25. The van der Waals surface area contributed by atoms with Gasteiger partial charge in [-0.2, -0.15) is 5.26 Å². The van der Waals surface area contributed by atoms with E-state index in [1.165, 1.54) is 6.08 Å². The summed E-state index contributed by atoms with van der Waals surface area (Å²) >= 11 is 11.4. The van der Waals surface area contributed by atoms with E-state index >= 15 is 0 Å². The average Bonchev–Trinajstić information content (AvgIpc) is 2.09. The van der Waals surface area contributed by atoms with Crippen molar-refractivity contribution in [1.82, 2.24) is 0 Å². The quantitative estimate of drug-likeness (QED) is 0.539. The number of hydrogen-bond acceptors (Lipinski definition) is 1. The summed E-state index contributed by atoms with van der Waals surface area (Å²) in [4.78, 5) is 0. The maximum absolute atomic E-state index is 8.43. The van der Waals surface area contributed by atoms with E-state index in [0.717, 1.165) is 13.6 Å². The van der Waals surface area contributed by atoms with Crippen molar-refractivity contribution in [3.05, 3.63) is 37.9 Å². The molecule has 0 fully saturated rings. The molecule has 0 heterocycles. The van der Waals surface area contributed by atoms with Gasteiger partial charge in [0.1, 0.15) is 0 Å². The molecule has 0 saturated carbocycles. The number of benzene rings is 1. The second kappa shape index (κ2) is 4.99. The highest BCUT2D eigenvalue weighted by Crippen LogP contribution is 2.27. The third kappa shape index (κ3) is 2.97. The fourth-order valence-corrected chi connectivity index (χ4v) is 2.17. The summed E-state index contributed by atoms with van der Waals surface area (Å²) in [5.74, 6) is 0. The largest absolute Gasteiger partial charge is 0.193 e. The Balaban J connectivity index is 3.22. The van der Waals surface area contributed by atoms with Crippen molar-refractivity contribution < 1.29 is 0 Å². The van der Waals surface area contributed by atoms with E-state index in [9.17, 15) is 0 Å². The minimum Gasteiger partial charge on any atom is -0.193 e. The molecule has 1 rings (SSSR count). The van der Waals surface area contributed by atoms with E-state index in [2.05, 4.69) is 38.5 Å². The Morgan fingerprint density at radius 1 is 1.62 bits per heavy atom. The number of nitrogens with zero attached hydrogens (tertiary/aromatic N) is 1. The average molecular weight is 368 g/mol. The van der Waals surface area contributed by atoms with Gasteiger partial charge in [-0.25, -0.2) is 0 Å². The normalized spacial score (nSPS) is 11.1. The first kappa shape index (κ1) is 11.0. The summed E-state index contributed by atoms with van der Waals surface area (Å²) in [5, 5.41) is 8.90. The Morgan fingerprint density at radius 2 is 2.31 bits per heavy atom. The molecular weight excluding hydrogens is 364 g/mol. The van der Waals surface area contributed by atoms with Crippen LogP contribution in [0, 0.1) is 14.9 Å². The van der Waals surface area contributed by atoms with E-state index < -0.39 is 0 Å². The smallest absolute Gasteiger partial charge is 0.0927 e. The minimum absolute atomic E-state index is 0.466. The zero-order valence-electron chi connectivity index (χ0n) is 6.39. The highest BCUT2D eigenvalue weighted by Gasteiger charge is 2.03. The molecule has 0 atom stereocenters. The molecule has 0 saturated heterocycles. The first-order valence-corrected chi connectivity index (χ1v) is 5.61. The van der Waals surface area contributed by atoms with Crippen LogP contribution in [0.3, 0.4) is 0 Å². The van der Waals surface area contributed by atoms with Gasteiger partial charge in [0.05, 0.1) is 11.1 Å². The zero-order valence-corrected chi connectivity index (χ0v) is 10.9. The molecule has 0 aliphatic rings. The molecule has 0 N–H and O–H groups in total. The molecule has 0 spiro atoms. The van der Waals surface area contributed by atoms with E-state index in [0.29, 0.717) is 5.03 Å². The molecule has 0 radical (unpaired) electrons. The van der Waals surface area contributed by atoms with Crippen molar-refractivity contribution in [1.29, 1.82) is 5.26 Å². The van der Waals surface area contributed by atoms with Crippen molar-refractivity contribution in [3.63, 3.8) is 0 Å². The van der Waals surface area contributed by atoms with E-state index in [1.807, 2.05) is 24.3 Å². The number of nitriles is 1. The number of hydrogen-bond donors (Lipinski definition) is 0. The van der Waals surface area contributed by atoms with Crippen molar-refractivity contribution in [2.24, 2.45) is 0 Å². The molecule has 0 unspecified atom stereocenters. The zero-order chi connectivity index (χ0) is 9.84. The molecule has 1 aromatic rings. The first-order chi connectivity index (χ1) is 6.15. The Morgan fingerprint density at radius 3 is 2.92 bits per heavy atom. The Hall–Kier alpha value is -0.0500. The maximum Gasteiger partial charge on any atom is 0.0927 e. The van der Waals surface area contributed by atoms with E-state index in [1.54, 1.807) is 0 Å². The predicted octanol–water partition coefficient (Wildman–Crippen LogP) is 4.16. The molecule has 66 valence electrons. The van der Waals surface area contributed by atoms with Gasteiger partial charge in [-0.3, -0.25) is 0 Å². The number of allylic oxidation sites excluding steroid dienone is 1. The maximum atomic E-state index is 8.43. The lowest BCUT2D eigenvalue weighted by molar-refractivity contribution is 1.52. The van der Waals surface area contributed by atoms with Crippen LogP contribution in [0.2, 0.25) is 0 Å². The van der Waals surface area contributed by atoms with Crippen LogP contribution in [-0.4, -0.2) is 0 Å². The van der Waals surface area contributed by atoms with Crippen molar-refractivity contribution in [2.45, 2.75) is 0 Å². The lowest BCUT2D eigenvalue weighted by atomic mass is 10.2. The van der Waals surface area contributed by atoms with E-state index in [4.69, 9.17) is 16.9 Å². The van der Waals surface area contributed by atoms with Crippen molar-refractivity contribution >= 4 is 55.2 Å². The number of halogens is 3. The Kier molecular flexibility index (Phi) is 4.23. The summed E-state index contributed by atoms with van der Waals surface area (Å²) in [5.41, 5.74) is 0.873. The molecule has 0 aromatic heterocycles. The summed E-state index contributed by atoms with van der Waals surface area (Å²) in [6, 6.07) is 7.66. The van der Waals surface area contributed by atoms with Crippen molar-refractivity contribution in [3.8, 4) is 6.07 Å². The molecule has 13 heavy (non-hydrogen) atoms. The lowest BCUT2D eigenvalue weighted by Gasteiger charge is -2.01. The van der Waals surface area contributed by atoms with Gasteiger partial charge in [-0.15, -0.1) is 0 Å². The van der Waals surface area contributed by atoms with Gasteiger partial charge >= 0.3 is 0 Å². The van der Waals surface area contributed by atoms with Gasteiger partial charge < -0.3 is 0 Å². The Bertz CT molecular complexity index is 395. The van der Waals surface area contributed by atoms with Gasteiger partial charge in [-0.05, 0) is 40.8 Å². The van der Waals surface area contributed by atoms with Crippen LogP contribution >= 0.6 is 50.1 Å². The van der Waals surface area contributed by atoms with Gasteiger partial charge in [0.15, 0.2) is 0 Å². The molecule has 1 aromatic carbocycles. The summed E-state index contributed by atoms with van der Waals surface area (Å²) in [6.07, 6.45) is 1.32. The van der Waals surface area contributed by atoms with Gasteiger partial charge in [0.2, 0.25) is 0 Å². The van der Waals surface area contributed by atoms with Crippen LogP contribution in [-0.2, 0) is 0 Å². The van der Waals surface area contributed by atoms with Gasteiger partial charge in [0.25, 0.3) is 0 Å². The molecule has 0 amide bonds. The summed E-state index contributed by atoms with van der Waals surface area (Å²) in [6.45, 7) is 0. The number of rotatable bonds is 1. The SMILES string of the molecule is N#C/C=C(/Cl)c1cc(Br)ccc1I. The highest BCUT2D eigenvalue weighted by atomic mass is 127. The first-order valence-electron chi connectivity index (χ1n) is 3.36. The molecular formula is C9H4BrClIN. The van der Waals surface area contributed by atoms with Crippen LogP contribution in [0.4, 0.5) is 0 Å². The van der Waals surface area contributed by atoms with Crippen LogP contribution in [0.25, 0.3) is 5.03 Å². The third-order valence-corrected chi connectivity index (χ3v) is 3.12. The predicted molar refractivity (Wildman–Crippen MR) is 66.3 cm³/mol.